The predicted molar refractivity (Wildman–Crippen MR) is 88.1 cm³/mol. The van der Waals surface area contributed by atoms with Gasteiger partial charge in [-0.05, 0) is 48.6 Å². The molecule has 20 heavy (non-hydrogen) atoms. The number of para-hydroxylation sites is 2. The van der Waals surface area contributed by atoms with E-state index < -0.39 is 0 Å². The Labute approximate surface area is 127 Å². The molecule has 2 aromatic carbocycles. The molecule has 0 saturated carbocycles. The summed E-state index contributed by atoms with van der Waals surface area (Å²) in [6.07, 6.45) is 0. The number of hydrogen-bond acceptors (Lipinski definition) is 2. The number of hydrogen-bond donors (Lipinski definition) is 1. The highest BCUT2D eigenvalue weighted by atomic mass is 35.5. The predicted octanol–water partition coefficient (Wildman–Crippen LogP) is 4.06. The van der Waals surface area contributed by atoms with E-state index in [0.717, 1.165) is 22.8 Å². The van der Waals surface area contributed by atoms with Crippen LogP contribution in [0.15, 0.2) is 53.5 Å². The molecule has 1 N–H and O–H groups in total. The van der Waals surface area contributed by atoms with E-state index in [-0.39, 0.29) is 0 Å². The first-order valence-corrected chi connectivity index (χ1v) is 6.92. The van der Waals surface area contributed by atoms with E-state index in [0.29, 0.717) is 10.1 Å². The summed E-state index contributed by atoms with van der Waals surface area (Å²) in [7, 11) is 1.90. The molecule has 1 heterocycles. The Morgan fingerprint density at radius 3 is 2.55 bits per heavy atom. The number of aliphatic imine (C=N–C) groups is 1. The summed E-state index contributed by atoms with van der Waals surface area (Å²) in [6.45, 7) is 0. The normalized spacial score (nSPS) is 14.2. The SMILES string of the molecule is CN1C(=S)Nc2ccccc2N=C1c1ccc(Cl)cc1. The molecule has 0 aromatic heterocycles. The number of nitrogens with zero attached hydrogens (tertiary/aromatic N) is 2. The molecule has 1 aliphatic rings. The van der Waals surface area contributed by atoms with Crippen molar-refractivity contribution in [1.29, 1.82) is 0 Å². The van der Waals surface area contributed by atoms with Crippen molar-refractivity contribution in [3.63, 3.8) is 0 Å². The molecule has 5 heteroatoms. The molecule has 0 bridgehead atoms. The monoisotopic (exact) mass is 301 g/mol. The number of fused-ring (bicyclic) bond motifs is 1. The molecule has 0 saturated heterocycles. The Bertz CT molecular complexity index is 695. The number of thiocarbonyl (C=S) groups is 1. The fraction of sp³-hybridized carbons (Fsp3) is 0.0667. The zero-order chi connectivity index (χ0) is 14.1. The van der Waals surface area contributed by atoms with Gasteiger partial charge in [0.15, 0.2) is 5.11 Å². The Kier molecular flexibility index (Phi) is 3.42. The third-order valence-electron chi connectivity index (χ3n) is 3.10. The van der Waals surface area contributed by atoms with Gasteiger partial charge in [0.1, 0.15) is 5.84 Å². The van der Waals surface area contributed by atoms with Crippen LogP contribution in [0.25, 0.3) is 0 Å². The topological polar surface area (TPSA) is 27.6 Å². The first-order valence-electron chi connectivity index (χ1n) is 6.13. The van der Waals surface area contributed by atoms with Crippen molar-refractivity contribution in [2.45, 2.75) is 0 Å². The second-order valence-electron chi connectivity index (χ2n) is 4.45. The van der Waals surface area contributed by atoms with Crippen LogP contribution in [-0.2, 0) is 0 Å². The van der Waals surface area contributed by atoms with Crippen molar-refractivity contribution >= 4 is 46.1 Å². The zero-order valence-corrected chi connectivity index (χ0v) is 12.4. The summed E-state index contributed by atoms with van der Waals surface area (Å²) >= 11 is 11.3. The van der Waals surface area contributed by atoms with Crippen LogP contribution in [0.4, 0.5) is 11.4 Å². The third-order valence-corrected chi connectivity index (χ3v) is 3.72. The van der Waals surface area contributed by atoms with Gasteiger partial charge in [0.25, 0.3) is 0 Å². The first-order chi connectivity index (χ1) is 9.65. The van der Waals surface area contributed by atoms with Gasteiger partial charge in [-0.2, -0.15) is 0 Å². The van der Waals surface area contributed by atoms with Gasteiger partial charge in [0.05, 0.1) is 11.4 Å². The average molecular weight is 302 g/mol. The number of amidine groups is 1. The highest BCUT2D eigenvalue weighted by Gasteiger charge is 2.19. The van der Waals surface area contributed by atoms with E-state index in [1.807, 2.05) is 60.5 Å². The first kappa shape index (κ1) is 13.1. The lowest BCUT2D eigenvalue weighted by Crippen LogP contribution is -2.35. The Balaban J connectivity index is 2.14. The standard InChI is InChI=1S/C15H12ClN3S/c1-19-14(10-6-8-11(16)9-7-10)17-12-4-2-3-5-13(12)18-15(19)20/h2-9H,1H3,(H,18,20). The van der Waals surface area contributed by atoms with Gasteiger partial charge in [-0.25, -0.2) is 4.99 Å². The maximum Gasteiger partial charge on any atom is 0.178 e. The molecule has 0 radical (unpaired) electrons. The molecule has 0 atom stereocenters. The maximum atomic E-state index is 5.94. The summed E-state index contributed by atoms with van der Waals surface area (Å²) in [5.41, 5.74) is 2.75. The molecule has 0 unspecified atom stereocenters. The molecule has 100 valence electrons. The molecular weight excluding hydrogens is 290 g/mol. The summed E-state index contributed by atoms with van der Waals surface area (Å²) < 4.78 is 0. The van der Waals surface area contributed by atoms with Gasteiger partial charge in [-0.1, -0.05) is 23.7 Å². The van der Waals surface area contributed by atoms with Crippen molar-refractivity contribution in [1.82, 2.24) is 4.90 Å². The van der Waals surface area contributed by atoms with Crippen LogP contribution in [0, 0.1) is 0 Å². The van der Waals surface area contributed by atoms with Gasteiger partial charge in [-0.15, -0.1) is 0 Å². The highest BCUT2D eigenvalue weighted by molar-refractivity contribution is 7.80. The van der Waals surface area contributed by atoms with Crippen LogP contribution in [0.3, 0.4) is 0 Å². The molecule has 0 spiro atoms. The lowest BCUT2D eigenvalue weighted by atomic mass is 10.2. The molecule has 0 aliphatic carbocycles. The summed E-state index contributed by atoms with van der Waals surface area (Å²) in [5.74, 6) is 0.795. The molecular formula is C15H12ClN3S. The smallest absolute Gasteiger partial charge is 0.178 e. The lowest BCUT2D eigenvalue weighted by Gasteiger charge is -2.20. The Hall–Kier alpha value is -1.91. The van der Waals surface area contributed by atoms with Gasteiger partial charge in [-0.3, -0.25) is 0 Å². The third kappa shape index (κ3) is 2.40. The quantitative estimate of drug-likeness (QED) is 0.805. The second-order valence-corrected chi connectivity index (χ2v) is 5.27. The van der Waals surface area contributed by atoms with Gasteiger partial charge < -0.3 is 10.2 Å². The minimum atomic E-state index is 0.614. The summed E-state index contributed by atoms with van der Waals surface area (Å²) in [4.78, 5) is 6.58. The highest BCUT2D eigenvalue weighted by Crippen LogP contribution is 2.28. The van der Waals surface area contributed by atoms with Crippen LogP contribution < -0.4 is 5.32 Å². The molecule has 2 aromatic rings. The minimum Gasteiger partial charge on any atom is -0.330 e. The molecule has 3 rings (SSSR count). The van der Waals surface area contributed by atoms with Crippen LogP contribution in [0.5, 0.6) is 0 Å². The summed E-state index contributed by atoms with van der Waals surface area (Å²) in [6, 6.07) is 15.4. The Morgan fingerprint density at radius 1 is 1.10 bits per heavy atom. The van der Waals surface area contributed by atoms with E-state index in [4.69, 9.17) is 28.8 Å². The van der Waals surface area contributed by atoms with E-state index in [1.165, 1.54) is 0 Å². The van der Waals surface area contributed by atoms with Crippen molar-refractivity contribution < 1.29 is 0 Å². The Morgan fingerprint density at radius 2 is 1.80 bits per heavy atom. The summed E-state index contributed by atoms with van der Waals surface area (Å²) in [5, 5.41) is 4.52. The van der Waals surface area contributed by atoms with Gasteiger partial charge in [0.2, 0.25) is 0 Å². The van der Waals surface area contributed by atoms with E-state index >= 15 is 0 Å². The fourth-order valence-electron chi connectivity index (χ4n) is 2.02. The number of benzene rings is 2. The molecule has 0 amide bonds. The minimum absolute atomic E-state index is 0.614. The molecule has 3 nitrogen and oxygen atoms in total. The molecule has 1 aliphatic heterocycles. The largest absolute Gasteiger partial charge is 0.330 e. The van der Waals surface area contributed by atoms with Crippen LogP contribution >= 0.6 is 23.8 Å². The van der Waals surface area contributed by atoms with Crippen LogP contribution in [0.1, 0.15) is 5.56 Å². The van der Waals surface area contributed by atoms with Gasteiger partial charge >= 0.3 is 0 Å². The van der Waals surface area contributed by atoms with Crippen LogP contribution in [0.2, 0.25) is 5.02 Å². The second kappa shape index (κ2) is 5.23. The number of nitrogens with one attached hydrogen (secondary N) is 1. The van der Waals surface area contributed by atoms with E-state index in [2.05, 4.69) is 5.32 Å². The van der Waals surface area contributed by atoms with E-state index in [9.17, 15) is 0 Å². The van der Waals surface area contributed by atoms with Gasteiger partial charge in [0, 0.05) is 17.6 Å². The fourth-order valence-corrected chi connectivity index (χ4v) is 2.34. The average Bonchev–Trinajstić information content (AvgIpc) is 2.58. The molecule has 0 fully saturated rings. The lowest BCUT2D eigenvalue weighted by molar-refractivity contribution is 0.770. The maximum absolute atomic E-state index is 5.94. The van der Waals surface area contributed by atoms with E-state index in [1.54, 1.807) is 0 Å². The number of anilines is 1. The number of rotatable bonds is 1. The van der Waals surface area contributed by atoms with Crippen molar-refractivity contribution in [3.05, 3.63) is 59.1 Å². The van der Waals surface area contributed by atoms with Crippen LogP contribution in [-0.4, -0.2) is 22.9 Å². The van der Waals surface area contributed by atoms with Crippen molar-refractivity contribution in [2.24, 2.45) is 4.99 Å². The zero-order valence-electron chi connectivity index (χ0n) is 10.8. The van der Waals surface area contributed by atoms with Crippen molar-refractivity contribution in [2.75, 3.05) is 12.4 Å². The number of halogens is 1. The van der Waals surface area contributed by atoms with Crippen molar-refractivity contribution in [3.8, 4) is 0 Å².